The summed E-state index contributed by atoms with van der Waals surface area (Å²) in [6.07, 6.45) is 0. The Kier molecular flexibility index (Phi) is 2.58. The van der Waals surface area contributed by atoms with E-state index in [0.717, 1.165) is 0 Å². The van der Waals surface area contributed by atoms with Gasteiger partial charge in [-0.2, -0.15) is 8.42 Å². The van der Waals surface area contributed by atoms with Gasteiger partial charge in [-0.15, -0.1) is 9.19 Å². The number of nitrogens with zero attached hydrogens (tertiary/aromatic N) is 6. The lowest BCUT2D eigenvalue weighted by atomic mass is 10.3. The van der Waals surface area contributed by atoms with Crippen molar-refractivity contribution in [2.75, 3.05) is 7.11 Å². The van der Waals surface area contributed by atoms with Crippen LogP contribution in [0.2, 0.25) is 0 Å². The van der Waals surface area contributed by atoms with E-state index < -0.39 is 10.2 Å². The van der Waals surface area contributed by atoms with Crippen LogP contribution in [-0.2, 0) is 10.2 Å². The number of rotatable bonds is 3. The molecular weight excluding hydrogens is 248 g/mol. The molecule has 0 aliphatic heterocycles. The van der Waals surface area contributed by atoms with Gasteiger partial charge in [-0.05, 0) is 17.7 Å². The zero-order chi connectivity index (χ0) is 12.5. The number of methoxy groups -OCH3 is 1. The van der Waals surface area contributed by atoms with Gasteiger partial charge < -0.3 is 4.74 Å². The Morgan fingerprint density at radius 3 is 2.94 bits per heavy atom. The Hall–Kier alpha value is -2.32. The molecule has 88 valence electrons. The van der Waals surface area contributed by atoms with Gasteiger partial charge in [0.15, 0.2) is 0 Å². The van der Waals surface area contributed by atoms with Crippen LogP contribution in [0.1, 0.15) is 0 Å². The van der Waals surface area contributed by atoms with Gasteiger partial charge >= 0.3 is 10.2 Å². The maximum Gasteiger partial charge on any atom is 0.345 e. The number of fused-ring (bicyclic) bond motifs is 1. The number of aromatic nitrogens is 3. The van der Waals surface area contributed by atoms with Crippen molar-refractivity contribution in [2.24, 2.45) is 4.52 Å². The molecule has 0 unspecified atom stereocenters. The van der Waals surface area contributed by atoms with Gasteiger partial charge in [-0.1, -0.05) is 5.21 Å². The summed E-state index contributed by atoms with van der Waals surface area (Å²) in [5.74, 6) is 0.519. The van der Waals surface area contributed by atoms with Crippen LogP contribution in [-0.4, -0.2) is 29.9 Å². The fraction of sp³-hybridized carbons (Fsp3) is 0.143. The molecule has 1 aromatic heterocycles. The minimum Gasteiger partial charge on any atom is -0.497 e. The van der Waals surface area contributed by atoms with Crippen LogP contribution in [0.15, 0.2) is 22.7 Å². The number of hydrogen-bond donors (Lipinski definition) is 0. The van der Waals surface area contributed by atoms with Crippen LogP contribution in [0.25, 0.3) is 21.5 Å². The molecule has 0 aliphatic carbocycles. The first-order valence-corrected chi connectivity index (χ1v) is 5.69. The van der Waals surface area contributed by atoms with Crippen molar-refractivity contribution in [2.45, 2.75) is 0 Å². The van der Waals surface area contributed by atoms with E-state index >= 15 is 0 Å². The lowest BCUT2D eigenvalue weighted by molar-refractivity contribution is 0.415. The summed E-state index contributed by atoms with van der Waals surface area (Å²) in [7, 11) is -2.73. The monoisotopic (exact) mass is 254 g/mol. The van der Waals surface area contributed by atoms with Crippen LogP contribution in [0.4, 0.5) is 0 Å². The lowest BCUT2D eigenvalue weighted by Crippen LogP contribution is -2.10. The highest BCUT2D eigenvalue weighted by Gasteiger charge is 2.16. The quantitative estimate of drug-likeness (QED) is 0.456. The predicted molar refractivity (Wildman–Crippen MR) is 57.5 cm³/mol. The number of ether oxygens (including phenoxy) is 1. The van der Waals surface area contributed by atoms with Gasteiger partial charge in [-0.3, -0.25) is 0 Å². The Morgan fingerprint density at radius 1 is 1.53 bits per heavy atom. The van der Waals surface area contributed by atoms with E-state index in [1.54, 1.807) is 6.07 Å². The normalized spacial score (nSPS) is 11.1. The molecule has 0 atom stereocenters. The van der Waals surface area contributed by atoms with Crippen LogP contribution in [0.3, 0.4) is 0 Å². The highest BCUT2D eigenvalue weighted by Crippen LogP contribution is 2.19. The van der Waals surface area contributed by atoms with Crippen molar-refractivity contribution >= 4 is 21.2 Å². The summed E-state index contributed by atoms with van der Waals surface area (Å²) in [6.45, 7) is 0. The first-order chi connectivity index (χ1) is 8.08. The summed E-state index contributed by atoms with van der Waals surface area (Å²) in [4.78, 5) is 2.23. The molecule has 10 heteroatoms. The number of hydrogen-bond acceptors (Lipinski definition) is 5. The predicted octanol–water partition coefficient (Wildman–Crippen LogP) is 0.843. The van der Waals surface area contributed by atoms with Crippen LogP contribution in [0.5, 0.6) is 5.75 Å². The van der Waals surface area contributed by atoms with Crippen molar-refractivity contribution in [1.82, 2.24) is 14.4 Å². The van der Waals surface area contributed by atoms with E-state index in [-0.39, 0.29) is 5.52 Å². The van der Waals surface area contributed by atoms with Crippen molar-refractivity contribution in [3.63, 3.8) is 0 Å². The minimum absolute atomic E-state index is 0.207. The fourth-order valence-corrected chi connectivity index (χ4v) is 1.95. The summed E-state index contributed by atoms with van der Waals surface area (Å²) in [6, 6.07) is 4.52. The Balaban J connectivity index is 2.70. The molecule has 17 heavy (non-hydrogen) atoms. The van der Waals surface area contributed by atoms with Crippen LogP contribution in [0, 0.1) is 0 Å². The Labute approximate surface area is 95.4 Å². The molecule has 0 saturated carbocycles. The molecule has 0 radical (unpaired) electrons. The van der Waals surface area contributed by atoms with Crippen molar-refractivity contribution < 1.29 is 13.2 Å². The molecule has 2 aromatic rings. The maximum atomic E-state index is 11.5. The van der Waals surface area contributed by atoms with Crippen molar-refractivity contribution in [3.8, 4) is 5.75 Å². The minimum atomic E-state index is -4.20. The van der Waals surface area contributed by atoms with Gasteiger partial charge in [0.05, 0.1) is 11.6 Å². The highest BCUT2D eigenvalue weighted by atomic mass is 32.2. The average Bonchev–Trinajstić information content (AvgIpc) is 2.72. The van der Waals surface area contributed by atoms with E-state index in [9.17, 15) is 8.42 Å². The topological polar surface area (TPSA) is 123 Å². The van der Waals surface area contributed by atoms with Crippen molar-refractivity contribution in [1.29, 1.82) is 0 Å². The Morgan fingerprint density at radius 2 is 2.29 bits per heavy atom. The molecular formula is C7H6N6O3S. The van der Waals surface area contributed by atoms with Crippen LogP contribution < -0.4 is 4.74 Å². The first-order valence-electron chi connectivity index (χ1n) is 4.30. The zero-order valence-electron chi connectivity index (χ0n) is 8.55. The van der Waals surface area contributed by atoms with Gasteiger partial charge in [0.25, 0.3) is 0 Å². The second kappa shape index (κ2) is 3.92. The lowest BCUT2D eigenvalue weighted by Gasteiger charge is -1.99. The molecule has 1 heterocycles. The van der Waals surface area contributed by atoms with E-state index in [1.807, 2.05) is 0 Å². The van der Waals surface area contributed by atoms with Gasteiger partial charge in [0.2, 0.25) is 0 Å². The standard InChI is InChI=1S/C7H6N6O3S/c1-16-5-2-3-7-6(4-5)9-11-13(7)17(14,15)12-10-8/h2-4H,1H3. The average molecular weight is 254 g/mol. The smallest absolute Gasteiger partial charge is 0.345 e. The first kappa shape index (κ1) is 11.2. The maximum absolute atomic E-state index is 11.5. The molecule has 0 N–H and O–H groups in total. The molecule has 9 nitrogen and oxygen atoms in total. The number of azide groups is 1. The van der Waals surface area contributed by atoms with Gasteiger partial charge in [-0.25, -0.2) is 0 Å². The fourth-order valence-electron chi connectivity index (χ4n) is 1.26. The molecule has 0 bridgehead atoms. The second-order valence-electron chi connectivity index (χ2n) is 2.94. The number of benzene rings is 1. The van der Waals surface area contributed by atoms with Crippen molar-refractivity contribution in [3.05, 3.63) is 28.6 Å². The van der Waals surface area contributed by atoms with E-state index in [1.165, 1.54) is 19.2 Å². The van der Waals surface area contributed by atoms with Gasteiger partial charge in [0.1, 0.15) is 16.8 Å². The summed E-state index contributed by atoms with van der Waals surface area (Å²) in [5.41, 5.74) is 8.68. The molecule has 0 amide bonds. The third-order valence-electron chi connectivity index (χ3n) is 1.98. The van der Waals surface area contributed by atoms with E-state index in [4.69, 9.17) is 10.3 Å². The molecule has 0 fully saturated rings. The highest BCUT2D eigenvalue weighted by molar-refractivity contribution is 7.88. The Bertz CT molecular complexity index is 714. The third-order valence-corrected chi connectivity index (χ3v) is 2.97. The molecule has 1 aromatic carbocycles. The molecule has 2 rings (SSSR count). The van der Waals surface area contributed by atoms with Crippen LogP contribution >= 0.6 is 0 Å². The van der Waals surface area contributed by atoms with E-state index in [0.29, 0.717) is 15.4 Å². The molecule has 0 aliphatic rings. The van der Waals surface area contributed by atoms with E-state index in [2.05, 4.69) is 19.7 Å². The van der Waals surface area contributed by atoms with Gasteiger partial charge in [0, 0.05) is 11.0 Å². The largest absolute Gasteiger partial charge is 0.497 e. The molecule has 0 spiro atoms. The second-order valence-corrected chi connectivity index (χ2v) is 4.34. The summed E-state index contributed by atoms with van der Waals surface area (Å²) < 4.78 is 31.1. The molecule has 0 saturated heterocycles. The zero-order valence-corrected chi connectivity index (χ0v) is 9.36. The SMILES string of the molecule is COc1ccc2c(c1)nnn2S(=O)(=O)N=[N+]=[N-]. The summed E-state index contributed by atoms with van der Waals surface area (Å²) >= 11 is 0. The third kappa shape index (κ3) is 1.86. The summed E-state index contributed by atoms with van der Waals surface area (Å²) in [5, 5.41) is 7.07.